The largest absolute Gasteiger partial charge is 0.493 e. The summed E-state index contributed by atoms with van der Waals surface area (Å²) in [6.45, 7) is 1.03. The second kappa shape index (κ2) is 7.01. The molecule has 1 aliphatic heterocycles. The van der Waals surface area contributed by atoms with Gasteiger partial charge in [0, 0.05) is 17.5 Å². The summed E-state index contributed by atoms with van der Waals surface area (Å²) in [7, 11) is 6.65. The van der Waals surface area contributed by atoms with Crippen molar-refractivity contribution in [3.8, 4) is 23.0 Å². The third-order valence-electron chi connectivity index (χ3n) is 4.56. The molecule has 3 rings (SSSR count). The van der Waals surface area contributed by atoms with Gasteiger partial charge >= 0.3 is 0 Å². The molecule has 5 nitrogen and oxygen atoms in total. The summed E-state index contributed by atoms with van der Waals surface area (Å²) < 4.78 is 21.7. The van der Waals surface area contributed by atoms with E-state index >= 15 is 0 Å². The molecule has 0 amide bonds. The fourth-order valence-corrected chi connectivity index (χ4v) is 3.34. The van der Waals surface area contributed by atoms with Gasteiger partial charge in [-0.05, 0) is 35.9 Å². The van der Waals surface area contributed by atoms with E-state index in [-0.39, 0.29) is 6.04 Å². The first-order chi connectivity index (χ1) is 11.7. The minimum atomic E-state index is 0.202. The molecular weight excluding hydrogens is 306 g/mol. The summed E-state index contributed by atoms with van der Waals surface area (Å²) in [5, 5.41) is 2.34. The van der Waals surface area contributed by atoms with Crippen molar-refractivity contribution >= 4 is 0 Å². The first-order valence-electron chi connectivity index (χ1n) is 8.01. The molecule has 0 fully saturated rings. The topological polar surface area (TPSA) is 53.5 Å². The molecule has 2 aromatic carbocycles. The van der Waals surface area contributed by atoms with Crippen LogP contribution in [0.1, 0.15) is 22.7 Å². The summed E-state index contributed by atoms with van der Waals surface area (Å²) >= 11 is 0. The number of nitrogens with two attached hydrogens (primary N) is 1. The van der Waals surface area contributed by atoms with Gasteiger partial charge in [-0.15, -0.1) is 0 Å². The molecule has 0 aliphatic carbocycles. The zero-order chi connectivity index (χ0) is 17.1. The van der Waals surface area contributed by atoms with E-state index in [0.717, 1.165) is 36.0 Å². The van der Waals surface area contributed by atoms with E-state index < -0.39 is 0 Å². The standard InChI is InChI=1S/C19H23NO4/c1-21-15-6-5-13(10-16(15)22-2)19-14-11-18(24-4)17(23-3)9-12(14)7-8-20-19/h5-6,9-11,19-20H,7-8H2,1-4H3/p+1/t19-/m1/s1. The molecule has 1 heterocycles. The van der Waals surface area contributed by atoms with Crippen LogP contribution in [0.3, 0.4) is 0 Å². The predicted octanol–water partition coefficient (Wildman–Crippen LogP) is 1.93. The van der Waals surface area contributed by atoms with E-state index in [2.05, 4.69) is 23.5 Å². The molecule has 1 aliphatic rings. The molecule has 0 spiro atoms. The summed E-state index contributed by atoms with van der Waals surface area (Å²) in [6, 6.07) is 10.5. The lowest BCUT2D eigenvalue weighted by molar-refractivity contribution is -0.690. The van der Waals surface area contributed by atoms with Gasteiger partial charge < -0.3 is 24.3 Å². The zero-order valence-electron chi connectivity index (χ0n) is 14.6. The average Bonchev–Trinajstić information content (AvgIpc) is 2.65. The number of rotatable bonds is 5. The summed E-state index contributed by atoms with van der Waals surface area (Å²) in [5.41, 5.74) is 3.74. The Bertz CT molecular complexity index is 730. The molecule has 2 aromatic rings. The van der Waals surface area contributed by atoms with Gasteiger partial charge in [0.05, 0.1) is 35.0 Å². The maximum Gasteiger partial charge on any atom is 0.161 e. The first kappa shape index (κ1) is 16.5. The van der Waals surface area contributed by atoms with Crippen LogP contribution in [0.5, 0.6) is 23.0 Å². The van der Waals surface area contributed by atoms with Crippen molar-refractivity contribution in [1.29, 1.82) is 0 Å². The summed E-state index contributed by atoms with van der Waals surface area (Å²) in [6.07, 6.45) is 1.01. The van der Waals surface area contributed by atoms with Crippen LogP contribution in [0.25, 0.3) is 0 Å². The van der Waals surface area contributed by atoms with E-state index in [4.69, 9.17) is 18.9 Å². The maximum absolute atomic E-state index is 5.48. The summed E-state index contributed by atoms with van der Waals surface area (Å²) in [5.74, 6) is 3.03. The van der Waals surface area contributed by atoms with Crippen LogP contribution in [0.4, 0.5) is 0 Å². The van der Waals surface area contributed by atoms with E-state index in [1.807, 2.05) is 12.1 Å². The molecule has 0 saturated heterocycles. The van der Waals surface area contributed by atoms with Gasteiger partial charge in [-0.25, -0.2) is 0 Å². The molecule has 0 aromatic heterocycles. The third-order valence-corrected chi connectivity index (χ3v) is 4.56. The van der Waals surface area contributed by atoms with Crippen molar-refractivity contribution in [3.05, 3.63) is 47.0 Å². The number of ether oxygens (including phenoxy) is 4. The Hall–Kier alpha value is -2.40. The smallest absolute Gasteiger partial charge is 0.161 e. The molecule has 0 radical (unpaired) electrons. The second-order valence-electron chi connectivity index (χ2n) is 5.77. The number of methoxy groups -OCH3 is 4. The molecule has 0 saturated carbocycles. The quantitative estimate of drug-likeness (QED) is 0.910. The van der Waals surface area contributed by atoms with Gasteiger partial charge in [0.1, 0.15) is 6.04 Å². The van der Waals surface area contributed by atoms with Gasteiger partial charge in [-0.1, -0.05) is 0 Å². The molecule has 24 heavy (non-hydrogen) atoms. The average molecular weight is 330 g/mol. The Morgan fingerprint density at radius 3 is 2.08 bits per heavy atom. The van der Waals surface area contributed by atoms with Crippen LogP contribution in [0, 0.1) is 0 Å². The number of hydrogen-bond donors (Lipinski definition) is 1. The number of quaternary nitrogens is 1. The van der Waals surface area contributed by atoms with Crippen LogP contribution in [-0.2, 0) is 6.42 Å². The zero-order valence-corrected chi connectivity index (χ0v) is 14.6. The van der Waals surface area contributed by atoms with Crippen molar-refractivity contribution in [3.63, 3.8) is 0 Å². The Kier molecular flexibility index (Phi) is 4.81. The highest BCUT2D eigenvalue weighted by molar-refractivity contribution is 5.52. The summed E-state index contributed by atoms with van der Waals surface area (Å²) in [4.78, 5) is 0. The van der Waals surface area contributed by atoms with Crippen molar-refractivity contribution in [2.75, 3.05) is 35.0 Å². The molecule has 0 bridgehead atoms. The fraction of sp³-hybridized carbons (Fsp3) is 0.368. The van der Waals surface area contributed by atoms with Crippen LogP contribution >= 0.6 is 0 Å². The third kappa shape index (κ3) is 2.87. The predicted molar refractivity (Wildman–Crippen MR) is 91.4 cm³/mol. The highest BCUT2D eigenvalue weighted by Gasteiger charge is 2.28. The van der Waals surface area contributed by atoms with Crippen molar-refractivity contribution in [2.45, 2.75) is 12.5 Å². The Labute approximate surface area is 142 Å². The molecule has 2 N–H and O–H groups in total. The van der Waals surface area contributed by atoms with Crippen LogP contribution in [0.15, 0.2) is 30.3 Å². The van der Waals surface area contributed by atoms with E-state index in [9.17, 15) is 0 Å². The molecule has 128 valence electrons. The van der Waals surface area contributed by atoms with Crippen molar-refractivity contribution < 1.29 is 24.3 Å². The molecule has 0 unspecified atom stereocenters. The van der Waals surface area contributed by atoms with Gasteiger partial charge in [-0.2, -0.15) is 0 Å². The van der Waals surface area contributed by atoms with Crippen molar-refractivity contribution in [1.82, 2.24) is 0 Å². The maximum atomic E-state index is 5.48. The van der Waals surface area contributed by atoms with Crippen LogP contribution in [-0.4, -0.2) is 35.0 Å². The highest BCUT2D eigenvalue weighted by Crippen LogP contribution is 2.37. The van der Waals surface area contributed by atoms with E-state index in [0.29, 0.717) is 0 Å². The lowest BCUT2D eigenvalue weighted by Crippen LogP contribution is -2.87. The molecule has 1 atom stereocenters. The van der Waals surface area contributed by atoms with E-state index in [1.54, 1.807) is 28.4 Å². The Morgan fingerprint density at radius 1 is 0.792 bits per heavy atom. The van der Waals surface area contributed by atoms with Crippen LogP contribution in [0.2, 0.25) is 0 Å². The second-order valence-corrected chi connectivity index (χ2v) is 5.77. The highest BCUT2D eigenvalue weighted by atomic mass is 16.5. The van der Waals surface area contributed by atoms with E-state index in [1.165, 1.54) is 16.7 Å². The van der Waals surface area contributed by atoms with Crippen molar-refractivity contribution in [2.24, 2.45) is 0 Å². The number of benzene rings is 2. The number of fused-ring (bicyclic) bond motifs is 1. The van der Waals surface area contributed by atoms with Gasteiger partial charge in [-0.3, -0.25) is 0 Å². The van der Waals surface area contributed by atoms with Crippen LogP contribution < -0.4 is 24.3 Å². The SMILES string of the molecule is COc1ccc([C@H]2[NH2+]CCc3cc(OC)c(OC)cc32)cc1OC. The lowest BCUT2D eigenvalue weighted by atomic mass is 9.89. The fourth-order valence-electron chi connectivity index (χ4n) is 3.34. The minimum Gasteiger partial charge on any atom is -0.493 e. The van der Waals surface area contributed by atoms with Gasteiger partial charge in [0.15, 0.2) is 23.0 Å². The Balaban J connectivity index is 2.06. The van der Waals surface area contributed by atoms with Gasteiger partial charge in [0.2, 0.25) is 0 Å². The number of hydrogen-bond acceptors (Lipinski definition) is 4. The first-order valence-corrected chi connectivity index (χ1v) is 8.01. The monoisotopic (exact) mass is 330 g/mol. The normalized spacial score (nSPS) is 16.2. The minimum absolute atomic E-state index is 0.202. The molecular formula is C19H24NO4+. The Morgan fingerprint density at radius 2 is 1.42 bits per heavy atom. The van der Waals surface area contributed by atoms with Gasteiger partial charge in [0.25, 0.3) is 0 Å². The molecule has 5 heteroatoms. The lowest BCUT2D eigenvalue weighted by Gasteiger charge is -2.26.